The Morgan fingerprint density at radius 1 is 1.05 bits per heavy atom. The minimum absolute atomic E-state index is 0.0494. The molecule has 0 saturated heterocycles. The van der Waals surface area contributed by atoms with E-state index in [0.717, 1.165) is 11.0 Å². The molecule has 0 fully saturated rings. The van der Waals surface area contributed by atoms with Crippen molar-refractivity contribution in [1.29, 1.82) is 0 Å². The van der Waals surface area contributed by atoms with Gasteiger partial charge in [0.2, 0.25) is 0 Å². The summed E-state index contributed by atoms with van der Waals surface area (Å²) in [5, 5.41) is 4.66. The molecule has 6 nitrogen and oxygen atoms in total. The maximum Gasteiger partial charge on any atom is 0.314 e. The predicted octanol–water partition coefficient (Wildman–Crippen LogP) is 2.28. The number of imidazole rings is 1. The van der Waals surface area contributed by atoms with Crippen LogP contribution >= 0.6 is 0 Å². The molecule has 3 aromatic rings. The van der Waals surface area contributed by atoms with Gasteiger partial charge in [-0.25, -0.2) is 9.37 Å². The van der Waals surface area contributed by atoms with Crippen molar-refractivity contribution in [2.24, 2.45) is 0 Å². The van der Waals surface area contributed by atoms with Gasteiger partial charge < -0.3 is 15.6 Å². The Hall–Kier alpha value is -3.22. The summed E-state index contributed by atoms with van der Waals surface area (Å²) >= 11 is 0. The van der Waals surface area contributed by atoms with Crippen molar-refractivity contribution in [2.75, 3.05) is 10.6 Å². The van der Waals surface area contributed by atoms with Crippen LogP contribution in [-0.2, 0) is 9.59 Å². The molecular formula is C15H11FN4O2. The monoisotopic (exact) mass is 298 g/mol. The lowest BCUT2D eigenvalue weighted by Gasteiger charge is -2.07. The molecular weight excluding hydrogens is 287 g/mol. The standard InChI is InChI=1S/C15H11FN4O2/c16-10-3-1-2-4-11(10)20-15(22)14(21)19-9-5-6-12-13(7-9)18-8-17-12/h1-8H,(H,17,18)(H,19,21)(H,20,22). The van der Waals surface area contributed by atoms with E-state index in [4.69, 9.17) is 0 Å². The number of rotatable bonds is 2. The van der Waals surface area contributed by atoms with Gasteiger partial charge in [-0.1, -0.05) is 12.1 Å². The van der Waals surface area contributed by atoms with Crippen molar-refractivity contribution < 1.29 is 14.0 Å². The molecule has 0 atom stereocenters. The molecule has 1 heterocycles. The smallest absolute Gasteiger partial charge is 0.314 e. The molecule has 2 amide bonds. The highest BCUT2D eigenvalue weighted by molar-refractivity contribution is 6.43. The Bertz CT molecular complexity index is 859. The second-order valence-corrected chi connectivity index (χ2v) is 4.52. The second-order valence-electron chi connectivity index (χ2n) is 4.52. The largest absolute Gasteiger partial charge is 0.345 e. The van der Waals surface area contributed by atoms with Gasteiger partial charge in [0.25, 0.3) is 0 Å². The summed E-state index contributed by atoms with van der Waals surface area (Å²) in [6.45, 7) is 0. The number of nitrogens with zero attached hydrogens (tertiary/aromatic N) is 1. The molecule has 0 unspecified atom stereocenters. The zero-order chi connectivity index (χ0) is 15.5. The van der Waals surface area contributed by atoms with E-state index in [2.05, 4.69) is 20.6 Å². The van der Waals surface area contributed by atoms with Crippen molar-refractivity contribution in [1.82, 2.24) is 9.97 Å². The number of aromatic nitrogens is 2. The first-order chi connectivity index (χ1) is 10.6. The Morgan fingerprint density at radius 2 is 1.82 bits per heavy atom. The average molecular weight is 298 g/mol. The quantitative estimate of drug-likeness (QED) is 0.634. The number of fused-ring (bicyclic) bond motifs is 1. The highest BCUT2D eigenvalue weighted by Gasteiger charge is 2.15. The Labute approximate surface area is 124 Å². The van der Waals surface area contributed by atoms with Gasteiger partial charge in [-0.2, -0.15) is 0 Å². The third-order valence-electron chi connectivity index (χ3n) is 3.01. The van der Waals surface area contributed by atoms with E-state index in [1.807, 2.05) is 0 Å². The van der Waals surface area contributed by atoms with Crippen LogP contribution in [0.3, 0.4) is 0 Å². The third-order valence-corrected chi connectivity index (χ3v) is 3.01. The number of nitrogens with one attached hydrogen (secondary N) is 3. The minimum Gasteiger partial charge on any atom is -0.345 e. The van der Waals surface area contributed by atoms with E-state index in [0.29, 0.717) is 5.69 Å². The molecule has 1 aromatic heterocycles. The van der Waals surface area contributed by atoms with Crippen LogP contribution in [0.15, 0.2) is 48.8 Å². The van der Waals surface area contributed by atoms with Crippen molar-refractivity contribution in [2.45, 2.75) is 0 Å². The number of hydrogen-bond donors (Lipinski definition) is 3. The number of benzene rings is 2. The number of hydrogen-bond acceptors (Lipinski definition) is 3. The first kappa shape index (κ1) is 13.7. The summed E-state index contributed by atoms with van der Waals surface area (Å²) < 4.78 is 13.4. The van der Waals surface area contributed by atoms with Crippen LogP contribution in [-0.4, -0.2) is 21.8 Å². The molecule has 3 rings (SSSR count). The van der Waals surface area contributed by atoms with Crippen LogP contribution in [0.2, 0.25) is 0 Å². The highest BCUT2D eigenvalue weighted by atomic mass is 19.1. The Balaban J connectivity index is 1.70. The highest BCUT2D eigenvalue weighted by Crippen LogP contribution is 2.16. The van der Waals surface area contributed by atoms with E-state index >= 15 is 0 Å². The lowest BCUT2D eigenvalue weighted by Crippen LogP contribution is -2.29. The normalized spacial score (nSPS) is 10.4. The molecule has 0 saturated carbocycles. The van der Waals surface area contributed by atoms with Crippen LogP contribution in [0.25, 0.3) is 11.0 Å². The van der Waals surface area contributed by atoms with Crippen molar-refractivity contribution in [3.63, 3.8) is 0 Å². The van der Waals surface area contributed by atoms with E-state index in [-0.39, 0.29) is 5.69 Å². The fourth-order valence-corrected chi connectivity index (χ4v) is 1.94. The molecule has 7 heteroatoms. The zero-order valence-electron chi connectivity index (χ0n) is 11.3. The first-order valence-corrected chi connectivity index (χ1v) is 6.43. The molecule has 2 aromatic carbocycles. The van der Waals surface area contributed by atoms with Crippen molar-refractivity contribution in [3.8, 4) is 0 Å². The maximum atomic E-state index is 13.4. The molecule has 0 aliphatic heterocycles. The number of H-pyrrole nitrogens is 1. The van der Waals surface area contributed by atoms with Gasteiger partial charge in [0.05, 0.1) is 23.0 Å². The number of aromatic amines is 1. The molecule has 0 spiro atoms. The number of anilines is 2. The summed E-state index contributed by atoms with van der Waals surface area (Å²) in [6, 6.07) is 10.6. The van der Waals surface area contributed by atoms with Crippen LogP contribution < -0.4 is 10.6 Å². The van der Waals surface area contributed by atoms with Gasteiger partial charge in [0.15, 0.2) is 0 Å². The topological polar surface area (TPSA) is 86.9 Å². The third kappa shape index (κ3) is 2.78. The summed E-state index contributed by atoms with van der Waals surface area (Å²) in [5.41, 5.74) is 1.86. The first-order valence-electron chi connectivity index (χ1n) is 6.43. The van der Waals surface area contributed by atoms with E-state index in [1.165, 1.54) is 24.5 Å². The molecule has 0 aliphatic carbocycles. The number of carbonyl (C=O) groups excluding carboxylic acids is 2. The lowest BCUT2D eigenvalue weighted by atomic mass is 10.2. The summed E-state index contributed by atoms with van der Waals surface area (Å²) in [4.78, 5) is 30.6. The number of halogens is 1. The van der Waals surface area contributed by atoms with Crippen LogP contribution in [0.5, 0.6) is 0 Å². The fraction of sp³-hybridized carbons (Fsp3) is 0. The fourth-order valence-electron chi connectivity index (χ4n) is 1.94. The zero-order valence-corrected chi connectivity index (χ0v) is 11.3. The van der Waals surface area contributed by atoms with Gasteiger partial charge in [-0.05, 0) is 30.3 Å². The van der Waals surface area contributed by atoms with Crippen LogP contribution in [0.4, 0.5) is 15.8 Å². The van der Waals surface area contributed by atoms with E-state index in [1.54, 1.807) is 24.3 Å². The molecule has 0 aliphatic rings. The Kier molecular flexibility index (Phi) is 3.53. The molecule has 22 heavy (non-hydrogen) atoms. The van der Waals surface area contributed by atoms with Gasteiger partial charge in [-0.3, -0.25) is 9.59 Å². The number of para-hydroxylation sites is 1. The van der Waals surface area contributed by atoms with Gasteiger partial charge in [0, 0.05) is 5.69 Å². The molecule has 3 N–H and O–H groups in total. The second kappa shape index (κ2) is 5.65. The summed E-state index contributed by atoms with van der Waals surface area (Å²) in [5.74, 6) is -2.44. The lowest BCUT2D eigenvalue weighted by molar-refractivity contribution is -0.133. The van der Waals surface area contributed by atoms with E-state index < -0.39 is 17.6 Å². The minimum atomic E-state index is -0.949. The predicted molar refractivity (Wildman–Crippen MR) is 79.8 cm³/mol. The van der Waals surface area contributed by atoms with Crippen LogP contribution in [0.1, 0.15) is 0 Å². The molecule has 0 radical (unpaired) electrons. The summed E-state index contributed by atoms with van der Waals surface area (Å²) in [6.07, 6.45) is 1.53. The van der Waals surface area contributed by atoms with Crippen LogP contribution in [0, 0.1) is 5.82 Å². The van der Waals surface area contributed by atoms with Gasteiger partial charge in [0.1, 0.15) is 5.82 Å². The van der Waals surface area contributed by atoms with Crippen molar-refractivity contribution in [3.05, 3.63) is 54.6 Å². The average Bonchev–Trinajstić information content (AvgIpc) is 2.97. The summed E-state index contributed by atoms with van der Waals surface area (Å²) in [7, 11) is 0. The Morgan fingerprint density at radius 3 is 2.64 bits per heavy atom. The molecule has 110 valence electrons. The van der Waals surface area contributed by atoms with Crippen molar-refractivity contribution >= 4 is 34.2 Å². The maximum absolute atomic E-state index is 13.4. The number of carbonyl (C=O) groups is 2. The molecule has 0 bridgehead atoms. The number of amides is 2. The SMILES string of the molecule is O=C(Nc1ccc2nc[nH]c2c1)C(=O)Nc1ccccc1F. The van der Waals surface area contributed by atoms with Gasteiger partial charge >= 0.3 is 11.8 Å². The van der Waals surface area contributed by atoms with Gasteiger partial charge in [-0.15, -0.1) is 0 Å². The van der Waals surface area contributed by atoms with E-state index in [9.17, 15) is 14.0 Å².